The first-order chi connectivity index (χ1) is 35.7. The van der Waals surface area contributed by atoms with Crippen molar-refractivity contribution < 1.29 is 0 Å². The van der Waals surface area contributed by atoms with Gasteiger partial charge in [0.15, 0.2) is 0 Å². The van der Waals surface area contributed by atoms with Gasteiger partial charge < -0.3 is 9.80 Å². The van der Waals surface area contributed by atoms with Crippen LogP contribution >= 0.6 is 23.1 Å². The predicted molar refractivity (Wildman–Crippen MR) is 310 cm³/mol. The van der Waals surface area contributed by atoms with Crippen molar-refractivity contribution in [3.05, 3.63) is 290 Å². The maximum atomic E-state index is 2.34. The molecule has 1 saturated heterocycles. The molecule has 12 rings (SSSR count). The van der Waals surface area contributed by atoms with Gasteiger partial charge >= 0.3 is 0 Å². The molecule has 1 aliphatic rings. The molecule has 0 amide bonds. The van der Waals surface area contributed by atoms with Gasteiger partial charge in [-0.05, 0) is 153 Å². The topological polar surface area (TPSA) is 6.48 Å². The standard InChI is InChI=1S/C68H52N2S2/c1-5-13-55(14-6-1)65-45-47-67(71-65)57-25-21-49(22-26-57)51-29-37-61(38-30-51)69(59-17-9-3-10-18-59)63-41-33-53(34-42-63)54-35-43-64(44-36-54)70(60-19-11-4-12-20-60)62-39-31-52(32-40-62)50-23-27-58(28-24-50)68-48-46-66(72-68)56-15-7-2-8-16-56/h1-45,47,66,68H,46,48H2. The van der Waals surface area contributed by atoms with E-state index in [1.807, 2.05) is 11.3 Å². The van der Waals surface area contributed by atoms with Crippen LogP contribution in [0, 0.1) is 0 Å². The van der Waals surface area contributed by atoms with Crippen molar-refractivity contribution in [2.75, 3.05) is 9.80 Å². The molecule has 0 saturated carbocycles. The number of rotatable bonds is 13. The van der Waals surface area contributed by atoms with E-state index in [2.05, 4.69) is 301 Å². The molecule has 2 atom stereocenters. The average Bonchev–Trinajstić information content (AvgIpc) is 4.18. The van der Waals surface area contributed by atoms with Gasteiger partial charge in [0.05, 0.1) is 0 Å². The number of benzene rings is 10. The molecule has 0 N–H and O–H groups in total. The van der Waals surface area contributed by atoms with Crippen molar-refractivity contribution in [1.82, 2.24) is 0 Å². The summed E-state index contributed by atoms with van der Waals surface area (Å²) in [6.45, 7) is 0. The molecule has 2 unspecified atom stereocenters. The summed E-state index contributed by atoms with van der Waals surface area (Å²) in [7, 11) is 0. The third kappa shape index (κ3) is 9.68. The third-order valence-electron chi connectivity index (χ3n) is 13.8. The van der Waals surface area contributed by atoms with Gasteiger partial charge in [0.2, 0.25) is 0 Å². The largest absolute Gasteiger partial charge is 0.311 e. The van der Waals surface area contributed by atoms with Gasteiger partial charge in [-0.15, -0.1) is 23.1 Å². The minimum atomic E-state index is 0.541. The van der Waals surface area contributed by atoms with Gasteiger partial charge in [-0.25, -0.2) is 0 Å². The van der Waals surface area contributed by atoms with Crippen molar-refractivity contribution in [1.29, 1.82) is 0 Å². The summed E-state index contributed by atoms with van der Waals surface area (Å²) in [5.41, 5.74) is 19.2. The molecule has 11 aromatic rings. The van der Waals surface area contributed by atoms with Gasteiger partial charge in [-0.1, -0.05) is 194 Å². The average molecular weight is 961 g/mol. The molecule has 1 fully saturated rings. The van der Waals surface area contributed by atoms with Gasteiger partial charge in [-0.2, -0.15) is 0 Å². The van der Waals surface area contributed by atoms with Crippen molar-refractivity contribution in [2.45, 2.75) is 23.3 Å². The van der Waals surface area contributed by atoms with Crippen LogP contribution in [0.15, 0.2) is 279 Å². The molecule has 0 aliphatic carbocycles. The predicted octanol–water partition coefficient (Wildman–Crippen LogP) is 20.3. The fourth-order valence-electron chi connectivity index (χ4n) is 10.0. The van der Waals surface area contributed by atoms with Crippen molar-refractivity contribution >= 4 is 57.2 Å². The van der Waals surface area contributed by atoms with Crippen LogP contribution in [-0.2, 0) is 0 Å². The van der Waals surface area contributed by atoms with Crippen molar-refractivity contribution in [3.63, 3.8) is 0 Å². The summed E-state index contributed by atoms with van der Waals surface area (Å²) in [4.78, 5) is 7.23. The molecule has 72 heavy (non-hydrogen) atoms. The first-order valence-electron chi connectivity index (χ1n) is 24.8. The number of hydrogen-bond donors (Lipinski definition) is 0. The van der Waals surface area contributed by atoms with E-state index >= 15 is 0 Å². The Morgan fingerprint density at radius 3 is 0.875 bits per heavy atom. The summed E-state index contributed by atoms with van der Waals surface area (Å²) in [6, 6.07) is 101. The van der Waals surface area contributed by atoms with Crippen LogP contribution in [0.2, 0.25) is 0 Å². The van der Waals surface area contributed by atoms with Crippen molar-refractivity contribution in [2.24, 2.45) is 0 Å². The summed E-state index contributed by atoms with van der Waals surface area (Å²) < 4.78 is 0. The highest BCUT2D eigenvalue weighted by molar-refractivity contribution is 8.00. The van der Waals surface area contributed by atoms with Crippen LogP contribution < -0.4 is 9.80 Å². The number of nitrogens with zero attached hydrogens (tertiary/aromatic N) is 2. The van der Waals surface area contributed by atoms with E-state index in [4.69, 9.17) is 0 Å². The maximum Gasteiger partial charge on any atom is 0.0462 e. The Bertz CT molecular complexity index is 3490. The number of hydrogen-bond acceptors (Lipinski definition) is 4. The second-order valence-electron chi connectivity index (χ2n) is 18.4. The molecule has 4 heteroatoms. The Morgan fingerprint density at radius 1 is 0.236 bits per heavy atom. The molecule has 2 nitrogen and oxygen atoms in total. The first-order valence-corrected chi connectivity index (χ1v) is 26.6. The minimum absolute atomic E-state index is 0.541. The second kappa shape index (κ2) is 20.7. The second-order valence-corrected chi connectivity index (χ2v) is 20.9. The Balaban J connectivity index is 0.747. The summed E-state index contributed by atoms with van der Waals surface area (Å²) >= 11 is 3.95. The maximum absolute atomic E-state index is 2.34. The lowest BCUT2D eigenvalue weighted by molar-refractivity contribution is 0.765. The zero-order chi connectivity index (χ0) is 48.1. The number of thiophene rings is 1. The van der Waals surface area contributed by atoms with Crippen molar-refractivity contribution in [3.8, 4) is 54.3 Å². The van der Waals surface area contributed by atoms with Gasteiger partial charge in [-0.3, -0.25) is 0 Å². The van der Waals surface area contributed by atoms with Crippen LogP contribution in [0.4, 0.5) is 34.1 Å². The SMILES string of the molecule is c1ccc(-c2ccc(-c3ccc(-c4ccc(N(c5ccccc5)c5ccc(-c6ccc(N(c7ccccc7)c7ccc(-c8ccc(C9CCC(c%10ccccc%10)S9)cc8)cc7)cc6)cc5)cc4)cc3)s2)cc1. The Hall–Kier alpha value is -8.15. The van der Waals surface area contributed by atoms with E-state index in [0.29, 0.717) is 10.5 Å². The summed E-state index contributed by atoms with van der Waals surface area (Å²) in [5, 5.41) is 1.12. The van der Waals surface area contributed by atoms with Crippen LogP contribution in [0.1, 0.15) is 34.5 Å². The molecule has 0 bridgehead atoms. The van der Waals surface area contributed by atoms with Crippen LogP contribution in [0.25, 0.3) is 54.3 Å². The summed E-state index contributed by atoms with van der Waals surface area (Å²) in [6.07, 6.45) is 2.45. The molecule has 10 aromatic carbocycles. The van der Waals surface area contributed by atoms with E-state index < -0.39 is 0 Å². The Labute approximate surface area is 432 Å². The molecular weight excluding hydrogens is 909 g/mol. The highest BCUT2D eigenvalue weighted by atomic mass is 32.2. The molecular formula is C68H52N2S2. The number of anilines is 6. The summed E-state index contributed by atoms with van der Waals surface area (Å²) in [5.74, 6) is 0. The minimum Gasteiger partial charge on any atom is -0.311 e. The van der Waals surface area contributed by atoms with Gasteiger partial charge in [0.25, 0.3) is 0 Å². The quantitative estimate of drug-likeness (QED) is 0.114. The van der Waals surface area contributed by atoms with Crippen LogP contribution in [0.5, 0.6) is 0 Å². The lowest BCUT2D eigenvalue weighted by Gasteiger charge is -2.26. The molecule has 1 aromatic heterocycles. The van der Waals surface area contributed by atoms with E-state index in [9.17, 15) is 0 Å². The van der Waals surface area contributed by atoms with E-state index in [1.54, 1.807) is 0 Å². The third-order valence-corrected chi connectivity index (χ3v) is 16.7. The fourth-order valence-corrected chi connectivity index (χ4v) is 12.6. The zero-order valence-electron chi connectivity index (χ0n) is 39.8. The van der Waals surface area contributed by atoms with Crippen LogP contribution in [0.3, 0.4) is 0 Å². The lowest BCUT2D eigenvalue weighted by atomic mass is 10.00. The molecule has 1 aliphatic heterocycles. The molecule has 346 valence electrons. The van der Waals surface area contributed by atoms with Gasteiger partial charge in [0, 0.05) is 54.4 Å². The lowest BCUT2D eigenvalue weighted by Crippen LogP contribution is -2.10. The van der Waals surface area contributed by atoms with Crippen LogP contribution in [-0.4, -0.2) is 0 Å². The first kappa shape index (κ1) is 45.0. The fraction of sp³-hybridized carbons (Fsp3) is 0.0588. The number of thioether (sulfide) groups is 1. The smallest absolute Gasteiger partial charge is 0.0462 e. The van der Waals surface area contributed by atoms with E-state index in [1.165, 1.54) is 78.2 Å². The highest BCUT2D eigenvalue weighted by Gasteiger charge is 2.27. The molecule has 2 heterocycles. The Morgan fingerprint density at radius 2 is 0.500 bits per heavy atom. The zero-order valence-corrected chi connectivity index (χ0v) is 41.5. The number of para-hydroxylation sites is 2. The normalized spacial score (nSPS) is 14.2. The molecule has 0 radical (unpaired) electrons. The Kier molecular flexibility index (Phi) is 12.9. The monoisotopic (exact) mass is 960 g/mol. The van der Waals surface area contributed by atoms with Gasteiger partial charge in [0.1, 0.15) is 0 Å². The molecule has 0 spiro atoms. The van der Waals surface area contributed by atoms with E-state index in [0.717, 1.165) is 34.1 Å². The highest BCUT2D eigenvalue weighted by Crippen LogP contribution is 2.53. The van der Waals surface area contributed by atoms with E-state index in [-0.39, 0.29) is 0 Å².